The maximum atomic E-state index is 12.1. The number of carbonyl (C=O) groups is 2. The molecule has 0 bridgehead atoms. The average Bonchev–Trinajstić information content (AvgIpc) is 2.59. The van der Waals surface area contributed by atoms with Crippen molar-refractivity contribution < 1.29 is 14.3 Å². The molecule has 0 aliphatic heterocycles. The van der Waals surface area contributed by atoms with Gasteiger partial charge in [0, 0.05) is 25.3 Å². The minimum absolute atomic E-state index is 0.177. The van der Waals surface area contributed by atoms with Crippen LogP contribution in [0.2, 0.25) is 0 Å². The van der Waals surface area contributed by atoms with Crippen LogP contribution in [0.5, 0.6) is 5.75 Å². The Hall–Kier alpha value is -3.02. The molecular weight excluding hydrogens is 318 g/mol. The molecule has 6 heteroatoms. The third kappa shape index (κ3) is 4.97. The van der Waals surface area contributed by atoms with Crippen LogP contribution in [0.15, 0.2) is 42.5 Å². The fourth-order valence-corrected chi connectivity index (χ4v) is 2.32. The molecule has 0 aromatic heterocycles. The third-order valence-corrected chi connectivity index (χ3v) is 3.70. The Balaban J connectivity index is 1.87. The molecule has 2 aromatic rings. The number of aryl methyl sites for hydroxylation is 2. The van der Waals surface area contributed by atoms with E-state index in [9.17, 15) is 9.59 Å². The summed E-state index contributed by atoms with van der Waals surface area (Å²) in [7, 11) is 3.79. The van der Waals surface area contributed by atoms with E-state index in [1.807, 2.05) is 57.1 Å². The number of hydrogen-bond donors (Lipinski definition) is 2. The number of hydrazine groups is 1. The summed E-state index contributed by atoms with van der Waals surface area (Å²) < 4.78 is 5.55. The molecule has 0 fully saturated rings. The summed E-state index contributed by atoms with van der Waals surface area (Å²) in [5.74, 6) is -0.133. The van der Waals surface area contributed by atoms with Crippen LogP contribution in [0.3, 0.4) is 0 Å². The molecule has 0 saturated heterocycles. The SMILES string of the molecule is Cc1cccc(C)c1OCC(=O)NNC(=O)c1cccc(N(C)C)c1. The smallest absolute Gasteiger partial charge is 0.276 e. The molecule has 0 atom stereocenters. The molecule has 132 valence electrons. The summed E-state index contributed by atoms with van der Waals surface area (Å²) in [4.78, 5) is 25.9. The van der Waals surface area contributed by atoms with Crippen molar-refractivity contribution in [2.75, 3.05) is 25.6 Å². The Labute approximate surface area is 147 Å². The lowest BCUT2D eigenvalue weighted by atomic mass is 10.1. The molecular formula is C19H23N3O3. The quantitative estimate of drug-likeness (QED) is 0.818. The van der Waals surface area contributed by atoms with Crippen LogP contribution in [-0.2, 0) is 4.79 Å². The average molecular weight is 341 g/mol. The van der Waals surface area contributed by atoms with E-state index in [4.69, 9.17) is 4.74 Å². The van der Waals surface area contributed by atoms with E-state index in [-0.39, 0.29) is 12.5 Å². The van der Waals surface area contributed by atoms with Crippen LogP contribution >= 0.6 is 0 Å². The van der Waals surface area contributed by atoms with Gasteiger partial charge >= 0.3 is 0 Å². The van der Waals surface area contributed by atoms with Crippen LogP contribution in [-0.4, -0.2) is 32.5 Å². The number of hydrogen-bond acceptors (Lipinski definition) is 4. The van der Waals surface area contributed by atoms with E-state index in [1.165, 1.54) is 0 Å². The first-order valence-corrected chi connectivity index (χ1v) is 7.94. The highest BCUT2D eigenvalue weighted by Crippen LogP contribution is 2.21. The number of nitrogens with one attached hydrogen (secondary N) is 2. The molecule has 2 N–H and O–H groups in total. The van der Waals surface area contributed by atoms with Gasteiger partial charge in [-0.1, -0.05) is 24.3 Å². The molecule has 0 radical (unpaired) electrons. The molecule has 2 rings (SSSR count). The Morgan fingerprint density at radius 2 is 1.64 bits per heavy atom. The molecule has 2 aromatic carbocycles. The zero-order valence-corrected chi connectivity index (χ0v) is 14.9. The van der Waals surface area contributed by atoms with Crippen molar-refractivity contribution in [1.82, 2.24) is 10.9 Å². The van der Waals surface area contributed by atoms with Crippen LogP contribution in [0, 0.1) is 13.8 Å². The van der Waals surface area contributed by atoms with Crippen LogP contribution in [0.25, 0.3) is 0 Å². The molecule has 0 aliphatic rings. The van der Waals surface area contributed by atoms with Gasteiger partial charge in [0.1, 0.15) is 5.75 Å². The number of para-hydroxylation sites is 1. The Bertz CT molecular complexity index is 752. The first-order chi connectivity index (χ1) is 11.9. The minimum Gasteiger partial charge on any atom is -0.483 e. The second kappa shape index (κ2) is 8.19. The highest BCUT2D eigenvalue weighted by Gasteiger charge is 2.10. The molecule has 0 spiro atoms. The third-order valence-electron chi connectivity index (χ3n) is 3.70. The summed E-state index contributed by atoms with van der Waals surface area (Å²) in [5.41, 5.74) is 8.03. The topological polar surface area (TPSA) is 70.7 Å². The Morgan fingerprint density at radius 3 is 2.28 bits per heavy atom. The number of benzene rings is 2. The van der Waals surface area contributed by atoms with E-state index < -0.39 is 5.91 Å². The van der Waals surface area contributed by atoms with Gasteiger partial charge in [-0.2, -0.15) is 0 Å². The van der Waals surface area contributed by atoms with Crippen molar-refractivity contribution in [3.8, 4) is 5.75 Å². The van der Waals surface area contributed by atoms with Crippen molar-refractivity contribution in [2.24, 2.45) is 0 Å². The van der Waals surface area contributed by atoms with Crippen molar-refractivity contribution in [3.05, 3.63) is 59.2 Å². The monoisotopic (exact) mass is 341 g/mol. The number of rotatable bonds is 5. The van der Waals surface area contributed by atoms with Gasteiger partial charge in [-0.3, -0.25) is 20.4 Å². The molecule has 0 saturated carbocycles. The maximum Gasteiger partial charge on any atom is 0.276 e. The van der Waals surface area contributed by atoms with Gasteiger partial charge in [0.2, 0.25) is 0 Å². The highest BCUT2D eigenvalue weighted by molar-refractivity contribution is 5.96. The van der Waals surface area contributed by atoms with Gasteiger partial charge in [0.05, 0.1) is 0 Å². The van der Waals surface area contributed by atoms with Crippen LogP contribution < -0.4 is 20.5 Å². The second-order valence-electron chi connectivity index (χ2n) is 5.96. The van der Waals surface area contributed by atoms with E-state index >= 15 is 0 Å². The van der Waals surface area contributed by atoms with Crippen molar-refractivity contribution >= 4 is 17.5 Å². The summed E-state index contributed by atoms with van der Waals surface area (Å²) in [5, 5.41) is 0. The largest absolute Gasteiger partial charge is 0.483 e. The first kappa shape index (κ1) is 18.3. The Morgan fingerprint density at radius 1 is 1.00 bits per heavy atom. The number of amides is 2. The van der Waals surface area contributed by atoms with E-state index in [0.29, 0.717) is 11.3 Å². The fourth-order valence-electron chi connectivity index (χ4n) is 2.32. The van der Waals surface area contributed by atoms with Gasteiger partial charge in [0.25, 0.3) is 11.8 Å². The molecule has 2 amide bonds. The number of nitrogens with zero attached hydrogens (tertiary/aromatic N) is 1. The lowest BCUT2D eigenvalue weighted by Gasteiger charge is -2.14. The standard InChI is InChI=1S/C19H23N3O3/c1-13-7-5-8-14(2)18(13)25-12-17(23)20-21-19(24)15-9-6-10-16(11-15)22(3)4/h5-11H,12H2,1-4H3,(H,20,23)(H,21,24). The minimum atomic E-state index is -0.431. The summed E-state index contributed by atoms with van der Waals surface area (Å²) in [6.45, 7) is 3.66. The second-order valence-corrected chi connectivity index (χ2v) is 5.96. The van der Waals surface area contributed by atoms with E-state index in [0.717, 1.165) is 16.8 Å². The number of carbonyl (C=O) groups excluding carboxylic acids is 2. The van der Waals surface area contributed by atoms with E-state index in [1.54, 1.807) is 18.2 Å². The first-order valence-electron chi connectivity index (χ1n) is 7.94. The summed E-state index contributed by atoms with van der Waals surface area (Å²) in [6, 6.07) is 12.9. The number of anilines is 1. The normalized spacial score (nSPS) is 10.1. The van der Waals surface area contributed by atoms with Gasteiger partial charge in [0.15, 0.2) is 6.61 Å². The van der Waals surface area contributed by atoms with Crippen molar-refractivity contribution in [3.63, 3.8) is 0 Å². The van der Waals surface area contributed by atoms with Gasteiger partial charge in [-0.25, -0.2) is 0 Å². The molecule has 6 nitrogen and oxygen atoms in total. The number of ether oxygens (including phenoxy) is 1. The zero-order valence-electron chi connectivity index (χ0n) is 14.9. The lowest BCUT2D eigenvalue weighted by Crippen LogP contribution is -2.43. The van der Waals surface area contributed by atoms with Crippen molar-refractivity contribution in [2.45, 2.75) is 13.8 Å². The van der Waals surface area contributed by atoms with Crippen molar-refractivity contribution in [1.29, 1.82) is 0 Å². The predicted octanol–water partition coefficient (Wildman–Crippen LogP) is 2.21. The Kier molecular flexibility index (Phi) is 6.00. The van der Waals surface area contributed by atoms with Gasteiger partial charge in [-0.15, -0.1) is 0 Å². The predicted molar refractivity (Wildman–Crippen MR) is 97.8 cm³/mol. The summed E-state index contributed by atoms with van der Waals surface area (Å²) >= 11 is 0. The van der Waals surface area contributed by atoms with Gasteiger partial charge < -0.3 is 9.64 Å². The summed E-state index contributed by atoms with van der Waals surface area (Å²) in [6.07, 6.45) is 0. The van der Waals surface area contributed by atoms with Crippen LogP contribution in [0.4, 0.5) is 5.69 Å². The van der Waals surface area contributed by atoms with Gasteiger partial charge in [-0.05, 0) is 43.2 Å². The molecule has 25 heavy (non-hydrogen) atoms. The lowest BCUT2D eigenvalue weighted by molar-refractivity contribution is -0.123. The fraction of sp³-hybridized carbons (Fsp3) is 0.263. The zero-order chi connectivity index (χ0) is 18.4. The molecule has 0 aliphatic carbocycles. The molecule has 0 unspecified atom stereocenters. The molecule has 0 heterocycles. The maximum absolute atomic E-state index is 12.1. The van der Waals surface area contributed by atoms with Crippen LogP contribution in [0.1, 0.15) is 21.5 Å². The highest BCUT2D eigenvalue weighted by atomic mass is 16.5. The van der Waals surface area contributed by atoms with E-state index in [2.05, 4.69) is 10.9 Å².